The minimum atomic E-state index is -0.712. The molecular weight excluding hydrogens is 408 g/mol. The number of hydrogen-bond donors (Lipinski definition) is 1. The zero-order chi connectivity index (χ0) is 24.0. The number of hydrogen-bond acceptors (Lipinski definition) is 5. The van der Waals surface area contributed by atoms with Crippen LogP contribution in [0, 0.1) is 19.8 Å². The van der Waals surface area contributed by atoms with Crippen LogP contribution in [0.3, 0.4) is 0 Å². The van der Waals surface area contributed by atoms with Crippen molar-refractivity contribution < 1.29 is 23.9 Å². The number of esters is 1. The third kappa shape index (κ3) is 5.58. The molecule has 0 saturated heterocycles. The van der Waals surface area contributed by atoms with Crippen LogP contribution >= 0.6 is 0 Å². The highest BCUT2D eigenvalue weighted by atomic mass is 16.5. The normalized spacial score (nSPS) is 11.9. The second-order valence-electron chi connectivity index (χ2n) is 8.30. The number of nitrogens with zero attached hydrogens (tertiary/aromatic N) is 1. The number of methoxy groups -OCH3 is 1. The van der Waals surface area contributed by atoms with E-state index < -0.39 is 12.0 Å². The Morgan fingerprint density at radius 2 is 1.81 bits per heavy atom. The van der Waals surface area contributed by atoms with Gasteiger partial charge in [-0.15, -0.1) is 0 Å². The van der Waals surface area contributed by atoms with Crippen molar-refractivity contribution >= 4 is 17.7 Å². The topological polar surface area (TPSA) is 88.7 Å². The van der Waals surface area contributed by atoms with Crippen LogP contribution in [0.1, 0.15) is 76.6 Å². The quantitative estimate of drug-likeness (QED) is 0.430. The Hall–Kier alpha value is -3.09. The molecule has 0 saturated carbocycles. The van der Waals surface area contributed by atoms with Gasteiger partial charge in [0.2, 0.25) is 0 Å². The average Bonchev–Trinajstić information content (AvgIpc) is 3.06. The van der Waals surface area contributed by atoms with Gasteiger partial charge in [0, 0.05) is 23.4 Å². The van der Waals surface area contributed by atoms with Crippen LogP contribution in [0.4, 0.5) is 0 Å². The van der Waals surface area contributed by atoms with Gasteiger partial charge in [-0.25, -0.2) is 4.79 Å². The van der Waals surface area contributed by atoms with E-state index in [1.165, 1.54) is 0 Å². The first-order valence-corrected chi connectivity index (χ1v) is 11.0. The van der Waals surface area contributed by atoms with Crippen molar-refractivity contribution in [1.29, 1.82) is 0 Å². The van der Waals surface area contributed by atoms with Gasteiger partial charge >= 0.3 is 5.97 Å². The van der Waals surface area contributed by atoms with Gasteiger partial charge in [0.15, 0.2) is 5.78 Å². The molecule has 0 aliphatic heterocycles. The number of ether oxygens (including phenoxy) is 2. The van der Waals surface area contributed by atoms with Crippen molar-refractivity contribution in [2.45, 2.75) is 54.0 Å². The van der Waals surface area contributed by atoms with E-state index in [0.29, 0.717) is 40.6 Å². The molecule has 1 heterocycles. The van der Waals surface area contributed by atoms with Gasteiger partial charge < -0.3 is 19.4 Å². The number of nitrogens with one attached hydrogen (secondary N) is 1. The summed E-state index contributed by atoms with van der Waals surface area (Å²) in [6, 6.07) is 6.21. The first-order chi connectivity index (χ1) is 15.1. The number of amides is 1. The Kier molecular flexibility index (Phi) is 8.63. The highest BCUT2D eigenvalue weighted by Crippen LogP contribution is 2.24. The van der Waals surface area contributed by atoms with E-state index in [1.807, 2.05) is 0 Å². The van der Waals surface area contributed by atoms with Crippen LogP contribution in [-0.4, -0.2) is 53.8 Å². The van der Waals surface area contributed by atoms with Crippen molar-refractivity contribution in [2.24, 2.45) is 5.92 Å². The van der Waals surface area contributed by atoms with E-state index in [4.69, 9.17) is 9.47 Å². The minimum absolute atomic E-state index is 0.216. The van der Waals surface area contributed by atoms with E-state index in [-0.39, 0.29) is 24.0 Å². The number of H-pyrrole nitrogens is 1. The third-order valence-electron chi connectivity index (χ3n) is 5.54. The Morgan fingerprint density at radius 1 is 1.12 bits per heavy atom. The monoisotopic (exact) mass is 442 g/mol. The summed E-state index contributed by atoms with van der Waals surface area (Å²) >= 11 is 0. The molecule has 1 aromatic heterocycles. The maximum absolute atomic E-state index is 13.5. The smallest absolute Gasteiger partial charge is 0.355 e. The SMILES string of the molecule is CCOC(=O)c1[nH]c(C)c(C(=O)C(C)N(CCC(C)C)C(=O)c2cccc(OC)c2)c1C. The second-order valence-corrected chi connectivity index (χ2v) is 8.30. The molecule has 7 heteroatoms. The summed E-state index contributed by atoms with van der Waals surface area (Å²) in [5.41, 5.74) is 2.28. The Bertz CT molecular complexity index is 977. The van der Waals surface area contributed by atoms with Crippen molar-refractivity contribution in [2.75, 3.05) is 20.3 Å². The predicted molar refractivity (Wildman–Crippen MR) is 124 cm³/mol. The Labute approximate surface area is 190 Å². The van der Waals surface area contributed by atoms with Gasteiger partial charge in [-0.3, -0.25) is 9.59 Å². The Morgan fingerprint density at radius 3 is 2.41 bits per heavy atom. The summed E-state index contributed by atoms with van der Waals surface area (Å²) in [5.74, 6) is -0.00307. The number of aromatic nitrogens is 1. The summed E-state index contributed by atoms with van der Waals surface area (Å²) in [6.07, 6.45) is 0.756. The van der Waals surface area contributed by atoms with Crippen LogP contribution in [0.15, 0.2) is 24.3 Å². The van der Waals surface area contributed by atoms with Crippen LogP contribution in [0.2, 0.25) is 0 Å². The molecule has 2 aromatic rings. The lowest BCUT2D eigenvalue weighted by molar-refractivity contribution is 0.0518. The molecule has 2 rings (SSSR count). The fourth-order valence-electron chi connectivity index (χ4n) is 3.67. The molecule has 174 valence electrons. The standard InChI is InChI=1S/C25H34N2O5/c1-8-32-25(30)22-16(4)21(17(5)26-22)23(28)18(6)27(13-12-15(2)3)24(29)19-10-9-11-20(14-19)31-7/h9-11,14-15,18,26H,8,12-13H2,1-7H3. The summed E-state index contributed by atoms with van der Waals surface area (Å²) in [6.45, 7) is 11.8. The fraction of sp³-hybridized carbons (Fsp3) is 0.480. The molecule has 1 N–H and O–H groups in total. The molecule has 1 unspecified atom stereocenters. The van der Waals surface area contributed by atoms with Gasteiger partial charge in [0.1, 0.15) is 11.4 Å². The first-order valence-electron chi connectivity index (χ1n) is 11.0. The van der Waals surface area contributed by atoms with Crippen LogP contribution in [0.25, 0.3) is 0 Å². The number of rotatable bonds is 10. The molecule has 0 aliphatic carbocycles. The van der Waals surface area contributed by atoms with Gasteiger partial charge in [-0.2, -0.15) is 0 Å². The van der Waals surface area contributed by atoms with Crippen LogP contribution < -0.4 is 4.74 Å². The molecule has 0 aliphatic rings. The number of benzene rings is 1. The molecule has 7 nitrogen and oxygen atoms in total. The molecular formula is C25H34N2O5. The summed E-state index contributed by atoms with van der Waals surface area (Å²) < 4.78 is 10.3. The van der Waals surface area contributed by atoms with E-state index in [1.54, 1.807) is 64.0 Å². The number of carbonyl (C=O) groups is 3. The maximum atomic E-state index is 13.5. The zero-order valence-corrected chi connectivity index (χ0v) is 20.1. The zero-order valence-electron chi connectivity index (χ0n) is 20.1. The molecule has 1 aromatic carbocycles. The fourth-order valence-corrected chi connectivity index (χ4v) is 3.67. The molecule has 32 heavy (non-hydrogen) atoms. The van der Waals surface area contributed by atoms with Crippen molar-refractivity contribution in [3.8, 4) is 5.75 Å². The summed E-state index contributed by atoms with van der Waals surface area (Å²) in [4.78, 5) is 43.8. The number of ketones is 1. The molecule has 0 radical (unpaired) electrons. The molecule has 0 fully saturated rings. The predicted octanol–water partition coefficient (Wildman–Crippen LogP) is 4.58. The van der Waals surface area contributed by atoms with Crippen LogP contribution in [-0.2, 0) is 4.74 Å². The van der Waals surface area contributed by atoms with E-state index >= 15 is 0 Å². The number of aryl methyl sites for hydroxylation is 1. The lowest BCUT2D eigenvalue weighted by Gasteiger charge is -2.29. The number of carbonyl (C=O) groups excluding carboxylic acids is 3. The molecule has 0 spiro atoms. The molecule has 1 amide bonds. The van der Waals surface area contributed by atoms with Crippen molar-refractivity contribution in [1.82, 2.24) is 9.88 Å². The lowest BCUT2D eigenvalue weighted by atomic mass is 9.98. The van der Waals surface area contributed by atoms with E-state index in [2.05, 4.69) is 18.8 Å². The van der Waals surface area contributed by atoms with Gasteiger partial charge in [0.05, 0.1) is 19.8 Å². The number of aromatic amines is 1. The minimum Gasteiger partial charge on any atom is -0.497 e. The van der Waals surface area contributed by atoms with E-state index in [0.717, 1.165) is 6.42 Å². The number of Topliss-reactive ketones (excluding diaryl/α,β-unsaturated/α-hetero) is 1. The van der Waals surface area contributed by atoms with Gasteiger partial charge in [0.25, 0.3) is 5.91 Å². The molecule has 1 atom stereocenters. The summed E-state index contributed by atoms with van der Waals surface area (Å²) in [7, 11) is 1.55. The highest BCUT2D eigenvalue weighted by Gasteiger charge is 2.31. The van der Waals surface area contributed by atoms with Gasteiger partial charge in [-0.1, -0.05) is 19.9 Å². The average molecular weight is 443 g/mol. The van der Waals surface area contributed by atoms with E-state index in [9.17, 15) is 14.4 Å². The highest BCUT2D eigenvalue weighted by molar-refractivity contribution is 6.07. The van der Waals surface area contributed by atoms with Crippen LogP contribution in [0.5, 0.6) is 5.75 Å². The third-order valence-corrected chi connectivity index (χ3v) is 5.54. The lowest BCUT2D eigenvalue weighted by Crippen LogP contribution is -2.44. The Balaban J connectivity index is 2.41. The largest absolute Gasteiger partial charge is 0.497 e. The van der Waals surface area contributed by atoms with Gasteiger partial charge in [-0.05, 0) is 63.8 Å². The second kappa shape index (κ2) is 11.0. The maximum Gasteiger partial charge on any atom is 0.355 e. The van der Waals surface area contributed by atoms with Crippen molar-refractivity contribution in [3.63, 3.8) is 0 Å². The molecule has 0 bridgehead atoms. The first kappa shape index (κ1) is 25.2. The summed E-state index contributed by atoms with van der Waals surface area (Å²) in [5, 5.41) is 0. The van der Waals surface area contributed by atoms with Crippen molar-refractivity contribution in [3.05, 3.63) is 52.3 Å².